The quantitative estimate of drug-likeness (QED) is 0.707. The minimum atomic E-state index is 0.121. The molecule has 1 unspecified atom stereocenters. The number of nitrogens with zero attached hydrogens (tertiary/aromatic N) is 2. The lowest BCUT2D eigenvalue weighted by molar-refractivity contribution is -0.127. The van der Waals surface area contributed by atoms with E-state index in [-0.39, 0.29) is 16.3 Å². The highest BCUT2D eigenvalue weighted by Gasteiger charge is 2.30. The van der Waals surface area contributed by atoms with Gasteiger partial charge < -0.3 is 9.80 Å². The lowest BCUT2D eigenvalue weighted by atomic mass is 10.2. The molecule has 2 heterocycles. The lowest BCUT2D eigenvalue weighted by Crippen LogP contribution is -2.29. The van der Waals surface area contributed by atoms with E-state index >= 15 is 0 Å². The molecule has 1 atom stereocenters. The van der Waals surface area contributed by atoms with E-state index in [9.17, 15) is 9.59 Å². The fourth-order valence-corrected chi connectivity index (χ4v) is 4.21. The first-order valence-electron chi connectivity index (χ1n) is 8.32. The monoisotopic (exact) mass is 312 g/mol. The Morgan fingerprint density at radius 2 is 1.81 bits per heavy atom. The van der Waals surface area contributed by atoms with E-state index in [1.165, 1.54) is 63.5 Å². The fraction of sp³-hybridized carbons (Fsp3) is 0.875. The summed E-state index contributed by atoms with van der Waals surface area (Å²) in [6, 6.07) is 0. The summed E-state index contributed by atoms with van der Waals surface area (Å²) >= 11 is 1.32. The molecule has 2 rings (SSSR count). The average Bonchev–Trinajstić information content (AvgIpc) is 2.65. The molecular weight excluding hydrogens is 284 g/mol. The molecule has 0 bridgehead atoms. The maximum atomic E-state index is 11.9. The molecule has 1 amide bonds. The minimum Gasteiger partial charge on any atom is -0.342 e. The summed E-state index contributed by atoms with van der Waals surface area (Å²) in [7, 11) is 0. The van der Waals surface area contributed by atoms with Crippen molar-refractivity contribution < 1.29 is 9.59 Å². The molecule has 0 spiro atoms. The zero-order valence-corrected chi connectivity index (χ0v) is 14.0. The molecule has 2 saturated heterocycles. The predicted octanol–water partition coefficient (Wildman–Crippen LogP) is 2.52. The Bertz CT molecular complexity index is 354. The van der Waals surface area contributed by atoms with Crippen LogP contribution in [0, 0.1) is 0 Å². The summed E-state index contributed by atoms with van der Waals surface area (Å²) in [5.41, 5.74) is 0. The van der Waals surface area contributed by atoms with E-state index in [0.29, 0.717) is 6.42 Å². The van der Waals surface area contributed by atoms with Gasteiger partial charge in [-0.3, -0.25) is 9.59 Å². The predicted molar refractivity (Wildman–Crippen MR) is 87.4 cm³/mol. The molecule has 0 N–H and O–H groups in total. The number of unbranched alkanes of at least 4 members (excludes halogenated alkanes) is 1. The van der Waals surface area contributed by atoms with E-state index in [4.69, 9.17) is 0 Å². The number of thioether (sulfide) groups is 1. The van der Waals surface area contributed by atoms with Crippen LogP contribution in [0.1, 0.15) is 51.9 Å². The van der Waals surface area contributed by atoms with Gasteiger partial charge >= 0.3 is 0 Å². The van der Waals surface area contributed by atoms with Crippen LogP contribution in [0.5, 0.6) is 0 Å². The van der Waals surface area contributed by atoms with Crippen molar-refractivity contribution in [2.24, 2.45) is 0 Å². The van der Waals surface area contributed by atoms with Crippen LogP contribution in [0.3, 0.4) is 0 Å². The van der Waals surface area contributed by atoms with Crippen molar-refractivity contribution in [1.82, 2.24) is 9.80 Å². The summed E-state index contributed by atoms with van der Waals surface area (Å²) in [5.74, 6) is 0.225. The Morgan fingerprint density at radius 3 is 2.48 bits per heavy atom. The summed E-state index contributed by atoms with van der Waals surface area (Å²) in [4.78, 5) is 27.5. The van der Waals surface area contributed by atoms with E-state index in [0.717, 1.165) is 19.5 Å². The average molecular weight is 312 g/mol. The number of amides is 1. The van der Waals surface area contributed by atoms with E-state index in [1.54, 1.807) is 6.92 Å². The summed E-state index contributed by atoms with van der Waals surface area (Å²) in [6.07, 6.45) is 8.25. The number of carbonyl (C=O) groups is 2. The summed E-state index contributed by atoms with van der Waals surface area (Å²) in [6.45, 7) is 6.88. The van der Waals surface area contributed by atoms with Gasteiger partial charge in [-0.1, -0.05) is 24.6 Å². The van der Waals surface area contributed by atoms with Crippen LogP contribution < -0.4 is 0 Å². The molecule has 0 saturated carbocycles. The molecule has 2 aliphatic heterocycles. The number of rotatable bonds is 6. The molecule has 0 aromatic heterocycles. The molecule has 0 aromatic carbocycles. The molecule has 0 radical (unpaired) electrons. The van der Waals surface area contributed by atoms with Gasteiger partial charge in [0.05, 0.1) is 0 Å². The topological polar surface area (TPSA) is 40.6 Å². The first kappa shape index (κ1) is 16.8. The standard InChI is InChI=1S/C16H28N2O2S/c1-14(19)21-15-12-16(20)18(13-15)11-7-6-10-17-8-4-2-3-5-9-17/h15H,2-13H2,1H3. The van der Waals surface area contributed by atoms with Gasteiger partial charge in [0.1, 0.15) is 0 Å². The first-order valence-corrected chi connectivity index (χ1v) is 9.20. The number of carbonyl (C=O) groups excluding carboxylic acids is 2. The minimum absolute atomic E-state index is 0.121. The zero-order chi connectivity index (χ0) is 15.1. The second kappa shape index (κ2) is 8.79. The molecule has 2 aliphatic rings. The van der Waals surface area contributed by atoms with Crippen molar-refractivity contribution >= 4 is 22.8 Å². The number of hydrogen-bond donors (Lipinski definition) is 0. The smallest absolute Gasteiger partial charge is 0.223 e. The molecule has 120 valence electrons. The number of hydrogen-bond acceptors (Lipinski definition) is 4. The highest BCUT2D eigenvalue weighted by atomic mass is 32.2. The van der Waals surface area contributed by atoms with Gasteiger partial charge in [0, 0.05) is 31.7 Å². The van der Waals surface area contributed by atoms with Crippen LogP contribution in [0.15, 0.2) is 0 Å². The third-order valence-electron chi connectivity index (χ3n) is 4.36. The van der Waals surface area contributed by atoms with E-state index < -0.39 is 0 Å². The largest absolute Gasteiger partial charge is 0.342 e. The Labute approximate surface area is 132 Å². The van der Waals surface area contributed by atoms with Crippen molar-refractivity contribution in [3.8, 4) is 0 Å². The molecule has 0 aliphatic carbocycles. The highest BCUT2D eigenvalue weighted by molar-refractivity contribution is 8.14. The maximum absolute atomic E-state index is 11.9. The van der Waals surface area contributed by atoms with Crippen molar-refractivity contribution in [1.29, 1.82) is 0 Å². The molecule has 2 fully saturated rings. The Hall–Kier alpha value is -0.550. The van der Waals surface area contributed by atoms with Crippen molar-refractivity contribution in [2.45, 2.75) is 57.1 Å². The Balaban J connectivity index is 1.60. The Morgan fingerprint density at radius 1 is 1.14 bits per heavy atom. The van der Waals surface area contributed by atoms with E-state index in [2.05, 4.69) is 4.90 Å². The third kappa shape index (κ3) is 5.99. The van der Waals surface area contributed by atoms with Crippen molar-refractivity contribution in [2.75, 3.05) is 32.7 Å². The normalized spacial score (nSPS) is 24.3. The fourth-order valence-electron chi connectivity index (χ4n) is 3.26. The molecular formula is C16H28N2O2S. The summed E-state index contributed by atoms with van der Waals surface area (Å²) < 4.78 is 0. The van der Waals surface area contributed by atoms with Crippen LogP contribution >= 0.6 is 11.8 Å². The van der Waals surface area contributed by atoms with Crippen LogP contribution in [0.2, 0.25) is 0 Å². The van der Waals surface area contributed by atoms with Gasteiger partial charge in [0.15, 0.2) is 5.12 Å². The Kier molecular flexibility index (Phi) is 7.04. The zero-order valence-electron chi connectivity index (χ0n) is 13.2. The summed E-state index contributed by atoms with van der Waals surface area (Å²) in [5, 5.41) is 0.302. The van der Waals surface area contributed by atoms with Gasteiger partial charge in [-0.05, 0) is 45.3 Å². The SMILES string of the molecule is CC(=O)SC1CC(=O)N(CCCCN2CCCCCC2)C1. The highest BCUT2D eigenvalue weighted by Crippen LogP contribution is 2.24. The molecule has 0 aromatic rings. The van der Waals surface area contributed by atoms with Gasteiger partial charge in [-0.15, -0.1) is 0 Å². The maximum Gasteiger partial charge on any atom is 0.223 e. The van der Waals surface area contributed by atoms with Gasteiger partial charge in [-0.25, -0.2) is 0 Å². The second-order valence-electron chi connectivity index (χ2n) is 6.24. The van der Waals surface area contributed by atoms with Gasteiger partial charge in [0.25, 0.3) is 0 Å². The number of likely N-dealkylation sites (tertiary alicyclic amines) is 2. The van der Waals surface area contributed by atoms with Crippen molar-refractivity contribution in [3.63, 3.8) is 0 Å². The second-order valence-corrected chi connectivity index (χ2v) is 7.72. The molecule has 4 nitrogen and oxygen atoms in total. The molecule has 5 heteroatoms. The van der Waals surface area contributed by atoms with Gasteiger partial charge in [0.2, 0.25) is 5.91 Å². The first-order chi connectivity index (χ1) is 10.1. The lowest BCUT2D eigenvalue weighted by Gasteiger charge is -2.21. The van der Waals surface area contributed by atoms with Crippen LogP contribution in [0.25, 0.3) is 0 Å². The van der Waals surface area contributed by atoms with E-state index in [1.807, 2.05) is 4.90 Å². The van der Waals surface area contributed by atoms with Crippen LogP contribution in [0.4, 0.5) is 0 Å². The van der Waals surface area contributed by atoms with Gasteiger partial charge in [-0.2, -0.15) is 0 Å². The molecule has 21 heavy (non-hydrogen) atoms. The van der Waals surface area contributed by atoms with Crippen LogP contribution in [-0.2, 0) is 9.59 Å². The van der Waals surface area contributed by atoms with Crippen molar-refractivity contribution in [3.05, 3.63) is 0 Å². The van der Waals surface area contributed by atoms with Crippen LogP contribution in [-0.4, -0.2) is 58.8 Å². The third-order valence-corrected chi connectivity index (χ3v) is 5.34.